The first kappa shape index (κ1) is 21.8. The second-order valence-electron chi connectivity index (χ2n) is 9.44. The predicted octanol–water partition coefficient (Wildman–Crippen LogP) is 1.85. The van der Waals surface area contributed by atoms with Gasteiger partial charge in [0.1, 0.15) is 10.3 Å². The lowest BCUT2D eigenvalue weighted by atomic mass is 9.75. The van der Waals surface area contributed by atoms with Crippen LogP contribution >= 0.6 is 0 Å². The Labute approximate surface area is 160 Å². The van der Waals surface area contributed by atoms with Gasteiger partial charge in [0.2, 0.25) is 0 Å². The average molecular weight is 409 g/mol. The molecule has 1 spiro atoms. The minimum atomic E-state index is -3.19. The van der Waals surface area contributed by atoms with Gasteiger partial charge in [-0.05, 0) is 54.4 Å². The van der Waals surface area contributed by atoms with Crippen molar-refractivity contribution in [3.8, 4) is 0 Å². The normalized spacial score (nSPS) is 26.7. The van der Waals surface area contributed by atoms with Crippen LogP contribution in [0.15, 0.2) is 0 Å². The fourth-order valence-electron chi connectivity index (χ4n) is 3.45. The topological polar surface area (TPSA) is 98.8 Å². The maximum absolute atomic E-state index is 12.5. The number of hydrogen-bond acceptors (Lipinski definition) is 6. The van der Waals surface area contributed by atoms with Crippen LogP contribution in [0.1, 0.15) is 54.4 Å². The minimum absolute atomic E-state index is 0.00125. The number of piperidine rings is 1. The van der Waals surface area contributed by atoms with Crippen molar-refractivity contribution in [3.63, 3.8) is 0 Å². The number of likely N-dealkylation sites (tertiary alicyclic amines) is 1. The molecule has 0 aromatic heterocycles. The number of hydrogen-bond donors (Lipinski definition) is 1. The number of nitrogens with one attached hydrogen (secondary N) is 1. The van der Waals surface area contributed by atoms with Crippen molar-refractivity contribution in [2.24, 2.45) is 5.41 Å². The molecule has 0 aliphatic carbocycles. The highest BCUT2D eigenvalue weighted by molar-refractivity contribution is 7.92. The molecule has 0 saturated carbocycles. The van der Waals surface area contributed by atoms with E-state index < -0.39 is 37.0 Å². The molecule has 9 heteroatoms. The van der Waals surface area contributed by atoms with Gasteiger partial charge in [0.05, 0.1) is 17.5 Å². The summed E-state index contributed by atoms with van der Waals surface area (Å²) in [5.74, 6) is 0.0857. The summed E-state index contributed by atoms with van der Waals surface area (Å²) in [7, 11) is -3.19. The van der Waals surface area contributed by atoms with Gasteiger partial charge >= 0.3 is 6.09 Å². The van der Waals surface area contributed by atoms with Gasteiger partial charge in [-0.1, -0.05) is 0 Å². The largest absolute Gasteiger partial charge is 0.598 e. The van der Waals surface area contributed by atoms with Crippen molar-refractivity contribution in [2.75, 3.05) is 24.6 Å². The SMILES string of the molecule is CC(C)(C)OC(=O)N1CCC2(CC1)CS(=O)(=O)C[C@H]2N[S+]([O-])C(C)(C)C. The highest BCUT2D eigenvalue weighted by Gasteiger charge is 2.54. The van der Waals surface area contributed by atoms with Gasteiger partial charge in [-0.25, -0.2) is 13.2 Å². The number of sulfone groups is 1. The number of amides is 1. The zero-order valence-electron chi connectivity index (χ0n) is 16.6. The molecular formula is C17H32N2O5S2. The van der Waals surface area contributed by atoms with Crippen LogP contribution in [0.4, 0.5) is 4.79 Å². The summed E-state index contributed by atoms with van der Waals surface area (Å²) in [6, 6.07) is -0.353. The number of carbonyl (C=O) groups excluding carboxylic acids is 1. The van der Waals surface area contributed by atoms with E-state index in [-0.39, 0.29) is 23.6 Å². The molecule has 0 bridgehead atoms. The number of nitrogens with zero attached hydrogens (tertiary/aromatic N) is 1. The lowest BCUT2D eigenvalue weighted by molar-refractivity contribution is 0.0105. The molecule has 2 saturated heterocycles. The van der Waals surface area contributed by atoms with Gasteiger partial charge in [0.15, 0.2) is 9.84 Å². The maximum atomic E-state index is 12.5. The Bertz CT molecular complexity index is 629. The molecule has 1 unspecified atom stereocenters. The molecule has 2 heterocycles. The van der Waals surface area contributed by atoms with Crippen LogP contribution < -0.4 is 4.72 Å². The Balaban J connectivity index is 2.09. The Hall–Kier alpha value is -0.510. The van der Waals surface area contributed by atoms with E-state index in [1.54, 1.807) is 4.90 Å². The monoisotopic (exact) mass is 408 g/mol. The third-order valence-corrected chi connectivity index (χ3v) is 8.35. The molecule has 152 valence electrons. The number of rotatable bonds is 2. The highest BCUT2D eigenvalue weighted by atomic mass is 32.2. The molecule has 1 amide bonds. The summed E-state index contributed by atoms with van der Waals surface area (Å²) >= 11 is -1.34. The molecule has 0 aromatic rings. The summed E-state index contributed by atoms with van der Waals surface area (Å²) in [5.41, 5.74) is -1.03. The van der Waals surface area contributed by atoms with Gasteiger partial charge < -0.3 is 14.2 Å². The van der Waals surface area contributed by atoms with E-state index in [0.29, 0.717) is 25.9 Å². The lowest BCUT2D eigenvalue weighted by Crippen LogP contribution is -2.55. The Morgan fingerprint density at radius 1 is 1.19 bits per heavy atom. The predicted molar refractivity (Wildman–Crippen MR) is 103 cm³/mol. The van der Waals surface area contributed by atoms with Crippen molar-refractivity contribution in [1.29, 1.82) is 0 Å². The zero-order chi connectivity index (χ0) is 20.0. The van der Waals surface area contributed by atoms with Crippen molar-refractivity contribution < 1.29 is 22.5 Å². The second-order valence-corrected chi connectivity index (χ2v) is 13.5. The van der Waals surface area contributed by atoms with Gasteiger partial charge in [0.25, 0.3) is 0 Å². The molecule has 0 aromatic carbocycles. The Morgan fingerprint density at radius 2 is 1.73 bits per heavy atom. The van der Waals surface area contributed by atoms with E-state index in [1.807, 2.05) is 41.5 Å². The Morgan fingerprint density at radius 3 is 2.19 bits per heavy atom. The molecular weight excluding hydrogens is 376 g/mol. The lowest BCUT2D eigenvalue weighted by Gasteiger charge is -2.42. The van der Waals surface area contributed by atoms with Crippen LogP contribution in [0, 0.1) is 5.41 Å². The maximum Gasteiger partial charge on any atom is 0.410 e. The van der Waals surface area contributed by atoms with Gasteiger partial charge in [-0.3, -0.25) is 0 Å². The van der Waals surface area contributed by atoms with Gasteiger partial charge in [-0.2, -0.15) is 0 Å². The van der Waals surface area contributed by atoms with Crippen LogP contribution in [0.5, 0.6) is 0 Å². The van der Waals surface area contributed by atoms with E-state index in [0.717, 1.165) is 0 Å². The smallest absolute Gasteiger partial charge is 0.410 e. The molecule has 2 rings (SSSR count). The fraction of sp³-hybridized carbons (Fsp3) is 0.941. The second kappa shape index (κ2) is 7.14. The molecule has 2 fully saturated rings. The standard InChI is InChI=1S/C17H32N2O5S2/c1-15(2,3)24-14(20)19-9-7-17(8-10-19)12-26(22,23)11-13(17)18-25(21)16(4,5)6/h13,18H,7-12H2,1-6H3/t13-,25?/m1/s1. The summed E-state index contributed by atoms with van der Waals surface area (Å²) in [5, 5.41) is 0. The summed E-state index contributed by atoms with van der Waals surface area (Å²) in [4.78, 5) is 13.9. The molecule has 1 N–H and O–H groups in total. The fourth-order valence-corrected chi connectivity index (χ4v) is 6.93. The van der Waals surface area contributed by atoms with E-state index in [9.17, 15) is 17.8 Å². The Kier molecular flexibility index (Phi) is 5.99. The quantitative estimate of drug-likeness (QED) is 0.700. The third kappa shape index (κ3) is 5.27. The van der Waals surface area contributed by atoms with Crippen LogP contribution in [0.3, 0.4) is 0 Å². The summed E-state index contributed by atoms with van der Waals surface area (Å²) < 4.78 is 45.1. The molecule has 2 atom stereocenters. The molecule has 26 heavy (non-hydrogen) atoms. The average Bonchev–Trinajstić information content (AvgIpc) is 2.66. The third-order valence-electron chi connectivity index (χ3n) is 4.88. The van der Waals surface area contributed by atoms with Crippen LogP contribution in [-0.4, -0.2) is 64.9 Å². The van der Waals surface area contributed by atoms with Crippen molar-refractivity contribution in [2.45, 2.75) is 70.8 Å². The summed E-state index contributed by atoms with van der Waals surface area (Å²) in [6.45, 7) is 11.9. The number of carbonyl (C=O) groups is 1. The van der Waals surface area contributed by atoms with Gasteiger partial charge in [0, 0.05) is 29.9 Å². The first-order valence-electron chi connectivity index (χ1n) is 9.00. The minimum Gasteiger partial charge on any atom is -0.598 e. The first-order valence-corrected chi connectivity index (χ1v) is 12.0. The summed E-state index contributed by atoms with van der Waals surface area (Å²) in [6.07, 6.45) is 0.755. The van der Waals surface area contributed by atoms with Crippen molar-refractivity contribution in [3.05, 3.63) is 0 Å². The molecule has 7 nitrogen and oxygen atoms in total. The van der Waals surface area contributed by atoms with Crippen LogP contribution in [0.25, 0.3) is 0 Å². The van der Waals surface area contributed by atoms with Crippen LogP contribution in [0.2, 0.25) is 0 Å². The molecule has 0 radical (unpaired) electrons. The van der Waals surface area contributed by atoms with E-state index in [1.165, 1.54) is 0 Å². The van der Waals surface area contributed by atoms with E-state index >= 15 is 0 Å². The van der Waals surface area contributed by atoms with Gasteiger partial charge in [-0.15, -0.1) is 4.72 Å². The van der Waals surface area contributed by atoms with Crippen molar-refractivity contribution >= 4 is 27.3 Å². The number of ether oxygens (including phenoxy) is 1. The molecule has 2 aliphatic rings. The zero-order valence-corrected chi connectivity index (χ0v) is 18.3. The van der Waals surface area contributed by atoms with E-state index in [2.05, 4.69) is 4.72 Å². The van der Waals surface area contributed by atoms with E-state index in [4.69, 9.17) is 4.74 Å². The first-order chi connectivity index (χ1) is 11.6. The highest BCUT2D eigenvalue weighted by Crippen LogP contribution is 2.43. The van der Waals surface area contributed by atoms with Crippen molar-refractivity contribution in [1.82, 2.24) is 9.62 Å². The molecule has 2 aliphatic heterocycles. The van der Waals surface area contributed by atoms with Crippen LogP contribution in [-0.2, 0) is 25.9 Å².